The van der Waals surface area contributed by atoms with Crippen LogP contribution in [-0.4, -0.2) is 42.0 Å². The van der Waals surface area contributed by atoms with Crippen molar-refractivity contribution in [1.82, 2.24) is 15.2 Å². The predicted octanol–water partition coefficient (Wildman–Crippen LogP) is 2.88. The fraction of sp³-hybridized carbons (Fsp3) is 0.368. The van der Waals surface area contributed by atoms with Gasteiger partial charge in [-0.3, -0.25) is 9.78 Å². The third kappa shape index (κ3) is 4.17. The average molecular weight is 309 g/mol. The van der Waals surface area contributed by atoms with Crippen molar-refractivity contribution in [2.75, 3.05) is 26.2 Å². The Kier molecular flexibility index (Phi) is 5.03. The van der Waals surface area contributed by atoms with Crippen LogP contribution in [-0.2, 0) is 0 Å². The normalized spacial score (nSPS) is 14.8. The van der Waals surface area contributed by atoms with Gasteiger partial charge in [0, 0.05) is 30.5 Å². The second-order valence-corrected chi connectivity index (χ2v) is 6.07. The van der Waals surface area contributed by atoms with Gasteiger partial charge in [-0.1, -0.05) is 12.1 Å². The fourth-order valence-electron chi connectivity index (χ4n) is 2.98. The minimum Gasteiger partial charge on any atom is -0.351 e. The summed E-state index contributed by atoms with van der Waals surface area (Å²) in [5.74, 6) is 0.00153. The lowest BCUT2D eigenvalue weighted by Crippen LogP contribution is -2.33. The summed E-state index contributed by atoms with van der Waals surface area (Å²) in [4.78, 5) is 18.8. The summed E-state index contributed by atoms with van der Waals surface area (Å²) >= 11 is 0. The molecule has 1 amide bonds. The van der Waals surface area contributed by atoms with Crippen LogP contribution in [0.1, 0.15) is 28.9 Å². The number of hydrogen-bond acceptors (Lipinski definition) is 3. The molecule has 1 fully saturated rings. The van der Waals surface area contributed by atoms with Gasteiger partial charge in [-0.25, -0.2) is 0 Å². The van der Waals surface area contributed by atoms with Crippen LogP contribution in [0.5, 0.6) is 0 Å². The molecule has 2 heterocycles. The van der Waals surface area contributed by atoms with E-state index in [4.69, 9.17) is 0 Å². The summed E-state index contributed by atoms with van der Waals surface area (Å²) in [6.45, 7) is 5.96. The number of aromatic nitrogens is 1. The highest BCUT2D eigenvalue weighted by Crippen LogP contribution is 2.19. The zero-order valence-electron chi connectivity index (χ0n) is 13.6. The fourth-order valence-corrected chi connectivity index (χ4v) is 2.98. The molecule has 0 saturated carbocycles. The molecule has 4 heteroatoms. The molecule has 0 bridgehead atoms. The number of pyridine rings is 1. The predicted molar refractivity (Wildman–Crippen MR) is 92.4 cm³/mol. The van der Waals surface area contributed by atoms with Crippen molar-refractivity contribution in [3.05, 3.63) is 53.9 Å². The van der Waals surface area contributed by atoms with E-state index in [0.717, 1.165) is 36.5 Å². The van der Waals surface area contributed by atoms with Gasteiger partial charge in [0.1, 0.15) is 0 Å². The lowest BCUT2D eigenvalue weighted by molar-refractivity contribution is 0.0950. The van der Waals surface area contributed by atoms with Gasteiger partial charge in [-0.15, -0.1) is 0 Å². The van der Waals surface area contributed by atoms with Crippen LogP contribution in [0.25, 0.3) is 11.1 Å². The van der Waals surface area contributed by atoms with Crippen molar-refractivity contribution in [1.29, 1.82) is 0 Å². The molecule has 0 spiro atoms. The molecular formula is C19H23N3O. The van der Waals surface area contributed by atoms with Gasteiger partial charge >= 0.3 is 0 Å². The van der Waals surface area contributed by atoms with E-state index in [-0.39, 0.29) is 5.91 Å². The molecule has 1 aliphatic rings. The van der Waals surface area contributed by atoms with E-state index in [2.05, 4.69) is 15.2 Å². The van der Waals surface area contributed by atoms with Crippen LogP contribution in [0.15, 0.2) is 42.6 Å². The number of rotatable bonds is 5. The standard InChI is InChI=1S/C19H23N3O/c1-15-14-18(8-9-20-15)16-4-6-17(7-5-16)19(23)21-10-13-22-11-2-3-12-22/h4-9,14H,2-3,10-13H2,1H3,(H,21,23). The molecule has 4 nitrogen and oxygen atoms in total. The highest BCUT2D eigenvalue weighted by atomic mass is 16.1. The number of likely N-dealkylation sites (tertiary alicyclic amines) is 1. The first-order valence-electron chi connectivity index (χ1n) is 8.26. The molecule has 1 aromatic heterocycles. The zero-order valence-corrected chi connectivity index (χ0v) is 13.6. The van der Waals surface area contributed by atoms with E-state index in [9.17, 15) is 4.79 Å². The number of carbonyl (C=O) groups is 1. The molecule has 1 aliphatic heterocycles. The van der Waals surface area contributed by atoms with E-state index >= 15 is 0 Å². The van der Waals surface area contributed by atoms with E-state index in [1.807, 2.05) is 49.5 Å². The van der Waals surface area contributed by atoms with Crippen molar-refractivity contribution < 1.29 is 4.79 Å². The Balaban J connectivity index is 1.56. The molecule has 120 valence electrons. The number of benzene rings is 1. The average Bonchev–Trinajstić information content (AvgIpc) is 3.08. The van der Waals surface area contributed by atoms with Crippen molar-refractivity contribution >= 4 is 5.91 Å². The molecule has 1 saturated heterocycles. The second kappa shape index (κ2) is 7.38. The smallest absolute Gasteiger partial charge is 0.251 e. The summed E-state index contributed by atoms with van der Waals surface area (Å²) in [6.07, 6.45) is 4.37. The molecule has 0 unspecified atom stereocenters. The van der Waals surface area contributed by atoms with Crippen LogP contribution >= 0.6 is 0 Å². The van der Waals surface area contributed by atoms with Gasteiger partial charge in [0.25, 0.3) is 5.91 Å². The maximum atomic E-state index is 12.2. The summed E-state index contributed by atoms with van der Waals surface area (Å²) < 4.78 is 0. The maximum Gasteiger partial charge on any atom is 0.251 e. The molecule has 0 atom stereocenters. The van der Waals surface area contributed by atoms with Gasteiger partial charge < -0.3 is 10.2 Å². The van der Waals surface area contributed by atoms with Crippen molar-refractivity contribution in [3.63, 3.8) is 0 Å². The number of hydrogen-bond donors (Lipinski definition) is 1. The topological polar surface area (TPSA) is 45.2 Å². The molecule has 0 radical (unpaired) electrons. The molecule has 2 aromatic rings. The monoisotopic (exact) mass is 309 g/mol. The first-order valence-corrected chi connectivity index (χ1v) is 8.26. The third-order valence-corrected chi connectivity index (χ3v) is 4.29. The highest BCUT2D eigenvalue weighted by Gasteiger charge is 2.11. The molecular weight excluding hydrogens is 286 g/mol. The van der Waals surface area contributed by atoms with Crippen LogP contribution in [0.4, 0.5) is 0 Å². The summed E-state index contributed by atoms with van der Waals surface area (Å²) in [7, 11) is 0. The van der Waals surface area contributed by atoms with E-state index in [0.29, 0.717) is 12.1 Å². The highest BCUT2D eigenvalue weighted by molar-refractivity contribution is 5.94. The van der Waals surface area contributed by atoms with Crippen LogP contribution in [0.3, 0.4) is 0 Å². The zero-order chi connectivity index (χ0) is 16.1. The minimum absolute atomic E-state index is 0.00153. The Morgan fingerprint density at radius 2 is 1.87 bits per heavy atom. The van der Waals surface area contributed by atoms with Gasteiger partial charge in [-0.05, 0) is 68.2 Å². The van der Waals surface area contributed by atoms with Crippen molar-refractivity contribution in [2.45, 2.75) is 19.8 Å². The quantitative estimate of drug-likeness (QED) is 0.924. The second-order valence-electron chi connectivity index (χ2n) is 6.07. The largest absolute Gasteiger partial charge is 0.351 e. The van der Waals surface area contributed by atoms with E-state index < -0.39 is 0 Å². The van der Waals surface area contributed by atoms with Crippen LogP contribution in [0, 0.1) is 6.92 Å². The lowest BCUT2D eigenvalue weighted by Gasteiger charge is -2.14. The summed E-state index contributed by atoms with van der Waals surface area (Å²) in [6, 6.07) is 11.8. The van der Waals surface area contributed by atoms with Gasteiger partial charge in [0.05, 0.1) is 0 Å². The molecule has 1 aromatic carbocycles. The Hall–Kier alpha value is -2.20. The Morgan fingerprint density at radius 1 is 1.13 bits per heavy atom. The number of nitrogens with one attached hydrogen (secondary N) is 1. The van der Waals surface area contributed by atoms with Gasteiger partial charge in [0.2, 0.25) is 0 Å². The van der Waals surface area contributed by atoms with E-state index in [1.54, 1.807) is 0 Å². The van der Waals surface area contributed by atoms with Crippen LogP contribution < -0.4 is 5.32 Å². The number of nitrogens with zero attached hydrogens (tertiary/aromatic N) is 2. The first-order chi connectivity index (χ1) is 11.2. The summed E-state index contributed by atoms with van der Waals surface area (Å²) in [5.41, 5.74) is 3.93. The lowest BCUT2D eigenvalue weighted by atomic mass is 10.0. The number of carbonyl (C=O) groups excluding carboxylic acids is 1. The molecule has 1 N–H and O–H groups in total. The molecule has 23 heavy (non-hydrogen) atoms. The first kappa shape index (κ1) is 15.7. The number of amides is 1. The maximum absolute atomic E-state index is 12.2. The Bertz CT molecular complexity index is 661. The summed E-state index contributed by atoms with van der Waals surface area (Å²) in [5, 5.41) is 3.00. The van der Waals surface area contributed by atoms with Crippen molar-refractivity contribution in [2.24, 2.45) is 0 Å². The Morgan fingerprint density at radius 3 is 2.57 bits per heavy atom. The molecule has 0 aliphatic carbocycles. The SMILES string of the molecule is Cc1cc(-c2ccc(C(=O)NCCN3CCCC3)cc2)ccn1. The Labute approximate surface area is 137 Å². The van der Waals surface area contributed by atoms with Gasteiger partial charge in [-0.2, -0.15) is 0 Å². The van der Waals surface area contributed by atoms with Crippen molar-refractivity contribution in [3.8, 4) is 11.1 Å². The third-order valence-electron chi connectivity index (χ3n) is 4.29. The number of aryl methyl sites for hydroxylation is 1. The van der Waals surface area contributed by atoms with Crippen LogP contribution in [0.2, 0.25) is 0 Å². The van der Waals surface area contributed by atoms with Gasteiger partial charge in [0.15, 0.2) is 0 Å². The minimum atomic E-state index is 0.00153. The van der Waals surface area contributed by atoms with E-state index in [1.165, 1.54) is 12.8 Å². The molecule has 3 rings (SSSR count).